The number of anilines is 1. The Morgan fingerprint density at radius 3 is 2.22 bits per heavy atom. The van der Waals surface area contributed by atoms with Crippen molar-refractivity contribution in [3.63, 3.8) is 0 Å². The number of benzene rings is 1. The van der Waals surface area contributed by atoms with Crippen LogP contribution in [0.5, 0.6) is 0 Å². The van der Waals surface area contributed by atoms with Gasteiger partial charge in [-0.1, -0.05) is 6.07 Å². The lowest BCUT2D eigenvalue weighted by Crippen LogP contribution is -2.02. The predicted molar refractivity (Wildman–Crippen MR) is 76.7 cm³/mol. The highest BCUT2D eigenvalue weighted by Crippen LogP contribution is 2.30. The molecule has 3 heteroatoms. The third-order valence-electron chi connectivity index (χ3n) is 3.61. The minimum absolute atomic E-state index is 0.765. The average molecular weight is 243 g/mol. The molecule has 96 valence electrons. The van der Waals surface area contributed by atoms with E-state index in [4.69, 9.17) is 5.73 Å². The number of aryl methyl sites for hydroxylation is 4. The van der Waals surface area contributed by atoms with Crippen molar-refractivity contribution in [1.82, 2.24) is 9.55 Å². The second-order valence-corrected chi connectivity index (χ2v) is 4.89. The molecule has 1 aromatic carbocycles. The molecule has 0 radical (unpaired) electrons. The Morgan fingerprint density at radius 1 is 1.06 bits per heavy atom. The largest absolute Gasteiger partial charge is 0.383 e. The van der Waals surface area contributed by atoms with Crippen LogP contribution in [0.2, 0.25) is 0 Å². The van der Waals surface area contributed by atoms with E-state index in [1.807, 2.05) is 11.5 Å². The minimum atomic E-state index is 0.765. The van der Waals surface area contributed by atoms with Gasteiger partial charge in [0.25, 0.3) is 0 Å². The number of rotatable bonds is 2. The number of aromatic nitrogens is 2. The first kappa shape index (κ1) is 12.7. The SMILES string of the molecule is CCn1c(C)nc(-c2cc(C)c(C)cc2C)c1N. The van der Waals surface area contributed by atoms with Crippen molar-refractivity contribution in [2.24, 2.45) is 0 Å². The van der Waals surface area contributed by atoms with E-state index in [1.165, 1.54) is 16.7 Å². The van der Waals surface area contributed by atoms with Crippen LogP contribution in [-0.2, 0) is 6.54 Å². The molecule has 2 aromatic rings. The maximum atomic E-state index is 6.20. The quantitative estimate of drug-likeness (QED) is 0.878. The van der Waals surface area contributed by atoms with Crippen LogP contribution >= 0.6 is 0 Å². The average Bonchev–Trinajstić information content (AvgIpc) is 2.59. The van der Waals surface area contributed by atoms with Crippen LogP contribution in [0, 0.1) is 27.7 Å². The zero-order chi connectivity index (χ0) is 13.4. The molecule has 0 fully saturated rings. The van der Waals surface area contributed by atoms with Crippen molar-refractivity contribution in [2.45, 2.75) is 41.2 Å². The number of nitrogens with two attached hydrogens (primary N) is 1. The van der Waals surface area contributed by atoms with Gasteiger partial charge in [-0.3, -0.25) is 0 Å². The van der Waals surface area contributed by atoms with Gasteiger partial charge in [0, 0.05) is 12.1 Å². The van der Waals surface area contributed by atoms with Gasteiger partial charge in [-0.15, -0.1) is 0 Å². The number of imidazole rings is 1. The smallest absolute Gasteiger partial charge is 0.131 e. The molecule has 0 aliphatic rings. The Morgan fingerprint density at radius 2 is 1.67 bits per heavy atom. The second-order valence-electron chi connectivity index (χ2n) is 4.89. The molecule has 1 aromatic heterocycles. The Hall–Kier alpha value is -1.77. The van der Waals surface area contributed by atoms with Gasteiger partial charge in [0.2, 0.25) is 0 Å². The first-order valence-electron chi connectivity index (χ1n) is 6.36. The molecule has 0 unspecified atom stereocenters. The molecule has 0 bridgehead atoms. The van der Waals surface area contributed by atoms with Crippen molar-refractivity contribution >= 4 is 5.82 Å². The number of nitrogens with zero attached hydrogens (tertiary/aromatic N) is 2. The van der Waals surface area contributed by atoms with E-state index in [9.17, 15) is 0 Å². The minimum Gasteiger partial charge on any atom is -0.383 e. The standard InChI is InChI=1S/C15H21N3/c1-6-18-12(5)17-14(15(18)16)13-8-10(3)9(2)7-11(13)4/h7-8H,6,16H2,1-5H3. The summed E-state index contributed by atoms with van der Waals surface area (Å²) in [5.74, 6) is 1.74. The van der Waals surface area contributed by atoms with E-state index in [1.54, 1.807) is 0 Å². The Kier molecular flexibility index (Phi) is 3.16. The van der Waals surface area contributed by atoms with Crippen molar-refractivity contribution in [1.29, 1.82) is 0 Å². The predicted octanol–water partition coefficient (Wildman–Crippen LogP) is 3.39. The second kappa shape index (κ2) is 4.48. The number of hydrogen-bond donors (Lipinski definition) is 1. The van der Waals surface area contributed by atoms with Gasteiger partial charge in [0.05, 0.1) is 0 Å². The third kappa shape index (κ3) is 1.90. The maximum Gasteiger partial charge on any atom is 0.131 e. The molecule has 0 atom stereocenters. The van der Waals surface area contributed by atoms with E-state index in [-0.39, 0.29) is 0 Å². The normalized spacial score (nSPS) is 10.9. The van der Waals surface area contributed by atoms with Crippen molar-refractivity contribution in [2.75, 3.05) is 5.73 Å². The van der Waals surface area contributed by atoms with Crippen LogP contribution in [0.3, 0.4) is 0 Å². The van der Waals surface area contributed by atoms with E-state index >= 15 is 0 Å². The van der Waals surface area contributed by atoms with Gasteiger partial charge >= 0.3 is 0 Å². The zero-order valence-corrected chi connectivity index (χ0v) is 11.8. The van der Waals surface area contributed by atoms with E-state index in [0.29, 0.717) is 0 Å². The van der Waals surface area contributed by atoms with Crippen molar-refractivity contribution < 1.29 is 0 Å². The van der Waals surface area contributed by atoms with Crippen LogP contribution in [0.1, 0.15) is 29.4 Å². The number of nitrogen functional groups attached to an aromatic ring is 1. The summed E-state index contributed by atoms with van der Waals surface area (Å²) in [5, 5.41) is 0. The molecule has 2 rings (SSSR count). The fourth-order valence-electron chi connectivity index (χ4n) is 2.39. The monoisotopic (exact) mass is 243 g/mol. The Labute approximate surface area is 109 Å². The first-order chi connectivity index (χ1) is 8.45. The summed E-state index contributed by atoms with van der Waals surface area (Å²) in [4.78, 5) is 4.62. The third-order valence-corrected chi connectivity index (χ3v) is 3.61. The summed E-state index contributed by atoms with van der Waals surface area (Å²) in [5.41, 5.74) is 12.1. The van der Waals surface area contributed by atoms with Gasteiger partial charge < -0.3 is 10.3 Å². The van der Waals surface area contributed by atoms with Gasteiger partial charge in [-0.2, -0.15) is 0 Å². The van der Waals surface area contributed by atoms with Crippen LogP contribution in [0.15, 0.2) is 12.1 Å². The van der Waals surface area contributed by atoms with Gasteiger partial charge in [-0.25, -0.2) is 4.98 Å². The van der Waals surface area contributed by atoms with E-state index in [2.05, 4.69) is 44.8 Å². The topological polar surface area (TPSA) is 43.8 Å². The summed E-state index contributed by atoms with van der Waals surface area (Å²) in [6.45, 7) is 11.3. The molecular weight excluding hydrogens is 222 g/mol. The molecular formula is C15H21N3. The van der Waals surface area contributed by atoms with Gasteiger partial charge in [0.15, 0.2) is 0 Å². The summed E-state index contributed by atoms with van der Waals surface area (Å²) >= 11 is 0. The molecule has 2 N–H and O–H groups in total. The lowest BCUT2D eigenvalue weighted by atomic mass is 9.99. The first-order valence-corrected chi connectivity index (χ1v) is 6.36. The fourth-order valence-corrected chi connectivity index (χ4v) is 2.39. The zero-order valence-electron chi connectivity index (χ0n) is 11.8. The highest BCUT2D eigenvalue weighted by molar-refractivity contribution is 5.74. The summed E-state index contributed by atoms with van der Waals surface area (Å²) in [7, 11) is 0. The van der Waals surface area contributed by atoms with Crippen LogP contribution in [0.25, 0.3) is 11.3 Å². The molecule has 0 spiro atoms. The van der Waals surface area contributed by atoms with E-state index in [0.717, 1.165) is 29.4 Å². The molecule has 0 saturated heterocycles. The Balaban J connectivity index is 2.66. The van der Waals surface area contributed by atoms with Crippen LogP contribution < -0.4 is 5.73 Å². The van der Waals surface area contributed by atoms with Gasteiger partial charge in [0.1, 0.15) is 17.3 Å². The summed E-state index contributed by atoms with van der Waals surface area (Å²) < 4.78 is 2.05. The summed E-state index contributed by atoms with van der Waals surface area (Å²) in [6.07, 6.45) is 0. The molecule has 1 heterocycles. The fraction of sp³-hybridized carbons (Fsp3) is 0.400. The highest BCUT2D eigenvalue weighted by Gasteiger charge is 2.15. The van der Waals surface area contributed by atoms with E-state index < -0.39 is 0 Å². The lowest BCUT2D eigenvalue weighted by molar-refractivity contribution is 0.739. The number of hydrogen-bond acceptors (Lipinski definition) is 2. The molecule has 18 heavy (non-hydrogen) atoms. The van der Waals surface area contributed by atoms with Crippen LogP contribution in [0.4, 0.5) is 5.82 Å². The Bertz CT molecular complexity index is 594. The molecule has 3 nitrogen and oxygen atoms in total. The molecule has 0 aliphatic heterocycles. The lowest BCUT2D eigenvalue weighted by Gasteiger charge is -2.09. The van der Waals surface area contributed by atoms with Crippen molar-refractivity contribution in [3.8, 4) is 11.3 Å². The summed E-state index contributed by atoms with van der Waals surface area (Å²) in [6, 6.07) is 4.38. The molecule has 0 aliphatic carbocycles. The maximum absolute atomic E-state index is 6.20. The highest BCUT2D eigenvalue weighted by atomic mass is 15.1. The van der Waals surface area contributed by atoms with Crippen LogP contribution in [-0.4, -0.2) is 9.55 Å². The van der Waals surface area contributed by atoms with Crippen molar-refractivity contribution in [3.05, 3.63) is 34.6 Å². The molecule has 0 amide bonds. The molecule has 0 saturated carbocycles. The van der Waals surface area contributed by atoms with Gasteiger partial charge in [-0.05, 0) is 57.4 Å².